The van der Waals surface area contributed by atoms with Crippen molar-refractivity contribution in [2.24, 2.45) is 0 Å². The van der Waals surface area contributed by atoms with Crippen molar-refractivity contribution in [2.75, 3.05) is 5.75 Å². The van der Waals surface area contributed by atoms with Crippen molar-refractivity contribution in [1.29, 1.82) is 0 Å². The summed E-state index contributed by atoms with van der Waals surface area (Å²) in [4.78, 5) is 0. The van der Waals surface area contributed by atoms with Crippen LogP contribution in [0.5, 0.6) is 0 Å². The maximum Gasteiger partial charge on any atom is 0.212 e. The molecule has 1 atom stereocenters. The van der Waals surface area contributed by atoms with Crippen LogP contribution in [-0.4, -0.2) is 14.2 Å². The van der Waals surface area contributed by atoms with Gasteiger partial charge in [-0.2, -0.15) is 0 Å². The smallest absolute Gasteiger partial charge is 0.212 e. The average Bonchev–Trinajstić information content (AvgIpc) is 2.89. The lowest BCUT2D eigenvalue weighted by Gasteiger charge is -2.14. The average molecular weight is 301 g/mol. The maximum atomic E-state index is 12.3. The second-order valence-corrected chi connectivity index (χ2v) is 7.34. The highest BCUT2D eigenvalue weighted by Gasteiger charge is 2.25. The van der Waals surface area contributed by atoms with E-state index in [0.29, 0.717) is 6.42 Å². The third kappa shape index (κ3) is 3.52. The summed E-state index contributed by atoms with van der Waals surface area (Å²) in [5.41, 5.74) is 3.43. The molecule has 1 N–H and O–H groups in total. The molecule has 0 bridgehead atoms. The summed E-state index contributed by atoms with van der Waals surface area (Å²) in [6.45, 7) is 0. The molecule has 0 aromatic heterocycles. The van der Waals surface area contributed by atoms with Crippen LogP contribution < -0.4 is 4.72 Å². The van der Waals surface area contributed by atoms with E-state index in [1.54, 1.807) is 0 Å². The molecule has 0 unspecified atom stereocenters. The molecule has 2 aromatic rings. The number of benzene rings is 2. The van der Waals surface area contributed by atoms with Crippen LogP contribution >= 0.6 is 0 Å². The van der Waals surface area contributed by atoms with Crippen molar-refractivity contribution >= 4 is 10.0 Å². The van der Waals surface area contributed by atoms with E-state index in [4.69, 9.17) is 0 Å². The molecule has 1 aliphatic rings. The molecule has 0 radical (unpaired) electrons. The Labute approximate surface area is 126 Å². The van der Waals surface area contributed by atoms with Crippen LogP contribution in [0.4, 0.5) is 0 Å². The number of hydrogen-bond donors (Lipinski definition) is 1. The lowest BCUT2D eigenvalue weighted by atomic mass is 10.1. The van der Waals surface area contributed by atoms with Crippen molar-refractivity contribution in [3.63, 3.8) is 0 Å². The normalized spacial score (nSPS) is 17.6. The molecular formula is C17H19NO2S. The van der Waals surface area contributed by atoms with Crippen molar-refractivity contribution in [3.05, 3.63) is 71.3 Å². The van der Waals surface area contributed by atoms with E-state index in [0.717, 1.165) is 24.0 Å². The second-order valence-electron chi connectivity index (χ2n) is 5.46. The summed E-state index contributed by atoms with van der Waals surface area (Å²) in [6.07, 6.45) is 2.34. The molecule has 3 rings (SSSR count). The fourth-order valence-electron chi connectivity index (χ4n) is 2.85. The highest BCUT2D eigenvalue weighted by molar-refractivity contribution is 7.89. The summed E-state index contributed by atoms with van der Waals surface area (Å²) < 4.78 is 27.4. The van der Waals surface area contributed by atoms with Crippen LogP contribution in [0, 0.1) is 0 Å². The lowest BCUT2D eigenvalue weighted by molar-refractivity contribution is 0.554. The third-order valence-corrected chi connectivity index (χ3v) is 5.34. The molecule has 0 saturated heterocycles. The fourth-order valence-corrected chi connectivity index (χ4v) is 4.15. The van der Waals surface area contributed by atoms with Gasteiger partial charge in [-0.3, -0.25) is 0 Å². The summed E-state index contributed by atoms with van der Waals surface area (Å²) in [5, 5.41) is 0. The Morgan fingerprint density at radius 1 is 1.00 bits per heavy atom. The van der Waals surface area contributed by atoms with Gasteiger partial charge in [0, 0.05) is 6.04 Å². The highest BCUT2D eigenvalue weighted by atomic mass is 32.2. The number of hydrogen-bond acceptors (Lipinski definition) is 2. The quantitative estimate of drug-likeness (QED) is 0.923. The van der Waals surface area contributed by atoms with Gasteiger partial charge in [-0.15, -0.1) is 0 Å². The van der Waals surface area contributed by atoms with E-state index in [9.17, 15) is 8.42 Å². The highest BCUT2D eigenvalue weighted by Crippen LogP contribution is 2.31. The number of rotatable bonds is 5. The minimum absolute atomic E-state index is 0.0676. The summed E-state index contributed by atoms with van der Waals surface area (Å²) in [5.74, 6) is 0.135. The largest absolute Gasteiger partial charge is 0.212 e. The van der Waals surface area contributed by atoms with E-state index >= 15 is 0 Å². The molecule has 1 aliphatic carbocycles. The van der Waals surface area contributed by atoms with Crippen molar-refractivity contribution in [3.8, 4) is 0 Å². The first-order chi connectivity index (χ1) is 10.1. The van der Waals surface area contributed by atoms with Gasteiger partial charge < -0.3 is 0 Å². The van der Waals surface area contributed by atoms with Crippen molar-refractivity contribution in [2.45, 2.75) is 25.3 Å². The number of aryl methyl sites for hydroxylation is 2. The number of sulfonamides is 1. The zero-order valence-electron chi connectivity index (χ0n) is 11.8. The van der Waals surface area contributed by atoms with E-state index in [-0.39, 0.29) is 11.8 Å². The molecule has 4 heteroatoms. The van der Waals surface area contributed by atoms with Crippen LogP contribution in [0.3, 0.4) is 0 Å². The van der Waals surface area contributed by atoms with Gasteiger partial charge in [-0.05, 0) is 36.0 Å². The van der Waals surface area contributed by atoms with Gasteiger partial charge in [0.15, 0.2) is 0 Å². The minimum Gasteiger partial charge on any atom is -0.212 e. The molecule has 21 heavy (non-hydrogen) atoms. The maximum absolute atomic E-state index is 12.3. The molecule has 110 valence electrons. The first-order valence-corrected chi connectivity index (χ1v) is 8.91. The van der Waals surface area contributed by atoms with Crippen molar-refractivity contribution in [1.82, 2.24) is 4.72 Å². The molecule has 3 nitrogen and oxygen atoms in total. The molecule has 0 aliphatic heterocycles. The SMILES string of the molecule is O=S(=O)(CCc1ccccc1)N[C@H]1CCc2ccccc21. The van der Waals surface area contributed by atoms with Crippen molar-refractivity contribution < 1.29 is 8.42 Å². The lowest BCUT2D eigenvalue weighted by Crippen LogP contribution is -2.30. The summed E-state index contributed by atoms with van der Waals surface area (Å²) in [6, 6.07) is 17.7. The minimum atomic E-state index is -3.26. The molecule has 0 saturated carbocycles. The Morgan fingerprint density at radius 2 is 1.71 bits per heavy atom. The third-order valence-electron chi connectivity index (χ3n) is 3.96. The predicted octanol–water partition coefficient (Wildman–Crippen LogP) is 2.84. The molecule has 2 aromatic carbocycles. The van der Waals surface area contributed by atoms with E-state index in [2.05, 4.69) is 10.8 Å². The van der Waals surface area contributed by atoms with E-state index in [1.807, 2.05) is 48.5 Å². The predicted molar refractivity (Wildman–Crippen MR) is 84.6 cm³/mol. The van der Waals surface area contributed by atoms with Gasteiger partial charge in [-0.25, -0.2) is 13.1 Å². The number of fused-ring (bicyclic) bond motifs is 1. The van der Waals surface area contributed by atoms with Gasteiger partial charge >= 0.3 is 0 Å². The Kier molecular flexibility index (Phi) is 4.08. The Balaban J connectivity index is 1.65. The summed E-state index contributed by atoms with van der Waals surface area (Å²) >= 11 is 0. The standard InChI is InChI=1S/C17H19NO2S/c19-21(20,13-12-14-6-2-1-3-7-14)18-17-11-10-15-8-4-5-9-16(15)17/h1-9,17-18H,10-13H2/t17-/m0/s1. The van der Waals surface area contributed by atoms with E-state index < -0.39 is 10.0 Å². The second kappa shape index (κ2) is 6.00. The van der Waals surface area contributed by atoms with Gasteiger partial charge in [-0.1, -0.05) is 54.6 Å². The van der Waals surface area contributed by atoms with Crippen LogP contribution in [0.1, 0.15) is 29.2 Å². The van der Waals surface area contributed by atoms with E-state index in [1.165, 1.54) is 5.56 Å². The molecule has 0 amide bonds. The molecule has 0 spiro atoms. The summed E-state index contributed by atoms with van der Waals surface area (Å²) in [7, 11) is -3.26. The zero-order chi connectivity index (χ0) is 14.7. The van der Waals surface area contributed by atoms with Gasteiger partial charge in [0.2, 0.25) is 10.0 Å². The first kappa shape index (κ1) is 14.3. The molecule has 0 heterocycles. The monoisotopic (exact) mass is 301 g/mol. The van der Waals surface area contributed by atoms with Crippen LogP contribution in [-0.2, 0) is 22.9 Å². The Hall–Kier alpha value is -1.65. The number of nitrogens with one attached hydrogen (secondary N) is 1. The molecule has 0 fully saturated rings. The molecular weight excluding hydrogens is 282 g/mol. The van der Waals surface area contributed by atoms with Crippen LogP contribution in [0.25, 0.3) is 0 Å². The van der Waals surface area contributed by atoms with Crippen LogP contribution in [0.15, 0.2) is 54.6 Å². The Bertz CT molecular complexity index is 711. The fraction of sp³-hybridized carbons (Fsp3) is 0.294. The van der Waals surface area contributed by atoms with Crippen LogP contribution in [0.2, 0.25) is 0 Å². The van der Waals surface area contributed by atoms with Gasteiger partial charge in [0.25, 0.3) is 0 Å². The van der Waals surface area contributed by atoms with Gasteiger partial charge in [0.05, 0.1) is 5.75 Å². The Morgan fingerprint density at radius 3 is 2.52 bits per heavy atom. The van der Waals surface area contributed by atoms with Gasteiger partial charge in [0.1, 0.15) is 0 Å². The topological polar surface area (TPSA) is 46.2 Å². The first-order valence-electron chi connectivity index (χ1n) is 7.26. The zero-order valence-corrected chi connectivity index (χ0v) is 12.6.